The fourth-order valence-electron chi connectivity index (χ4n) is 3.56. The van der Waals surface area contributed by atoms with Crippen LogP contribution in [-0.4, -0.2) is 45.2 Å². The molecule has 1 atom stereocenters. The van der Waals surface area contributed by atoms with E-state index in [4.69, 9.17) is 0 Å². The first-order chi connectivity index (χ1) is 14.8. The molecule has 0 aromatic heterocycles. The number of carbonyl (C=O) groups is 1. The molecule has 0 spiro atoms. The maximum atomic E-state index is 13.1. The van der Waals surface area contributed by atoms with Crippen LogP contribution in [0.2, 0.25) is 0 Å². The van der Waals surface area contributed by atoms with Crippen LogP contribution in [0.5, 0.6) is 0 Å². The van der Waals surface area contributed by atoms with Crippen LogP contribution in [0.15, 0.2) is 58.3 Å². The quantitative estimate of drug-likeness (QED) is 0.662. The number of sulfonamides is 2. The van der Waals surface area contributed by atoms with Gasteiger partial charge in [0.2, 0.25) is 26.0 Å². The van der Waals surface area contributed by atoms with E-state index in [2.05, 4.69) is 10.0 Å². The Balaban J connectivity index is 1.80. The van der Waals surface area contributed by atoms with Gasteiger partial charge in [-0.05, 0) is 70.9 Å². The number of anilines is 1. The summed E-state index contributed by atoms with van der Waals surface area (Å²) < 4.78 is 55.2. The summed E-state index contributed by atoms with van der Waals surface area (Å²) in [5.41, 5.74) is 0.564. The number of rotatable bonds is 6. The highest BCUT2D eigenvalue weighted by Crippen LogP contribution is 2.27. The Kier molecular flexibility index (Phi) is 6.80. The highest BCUT2D eigenvalue weighted by molar-refractivity contribution is 7.89. The van der Waals surface area contributed by atoms with Crippen molar-refractivity contribution in [3.8, 4) is 0 Å². The third-order valence-corrected chi connectivity index (χ3v) is 8.66. The molecule has 8 nitrogen and oxygen atoms in total. The van der Waals surface area contributed by atoms with Gasteiger partial charge in [0.25, 0.3) is 0 Å². The molecule has 0 bridgehead atoms. The average molecular weight is 480 g/mol. The average Bonchev–Trinajstić information content (AvgIpc) is 3.18. The molecule has 3 rings (SSSR count). The van der Waals surface area contributed by atoms with Crippen LogP contribution < -0.4 is 10.0 Å². The molecular formula is C22H29N3O5S2. The number of benzene rings is 2. The van der Waals surface area contributed by atoms with Gasteiger partial charge in [-0.1, -0.05) is 23.8 Å². The van der Waals surface area contributed by atoms with Crippen molar-refractivity contribution in [2.24, 2.45) is 0 Å². The van der Waals surface area contributed by atoms with Gasteiger partial charge >= 0.3 is 0 Å². The number of carbonyl (C=O) groups excluding carboxylic acids is 1. The Morgan fingerprint density at radius 2 is 1.66 bits per heavy atom. The molecule has 2 aromatic carbocycles. The fraction of sp³-hybridized carbons (Fsp3) is 0.409. The first-order valence-electron chi connectivity index (χ1n) is 10.3. The Morgan fingerprint density at radius 3 is 2.28 bits per heavy atom. The summed E-state index contributed by atoms with van der Waals surface area (Å²) in [6, 6.07) is 11.5. The maximum absolute atomic E-state index is 13.1. The fourth-order valence-corrected chi connectivity index (χ4v) is 6.68. The van der Waals surface area contributed by atoms with Crippen molar-refractivity contribution in [1.82, 2.24) is 9.03 Å². The molecule has 10 heteroatoms. The van der Waals surface area contributed by atoms with E-state index >= 15 is 0 Å². The van der Waals surface area contributed by atoms with Gasteiger partial charge in [0.15, 0.2) is 0 Å². The second-order valence-corrected chi connectivity index (χ2v) is 12.5. The normalized spacial score (nSPS) is 17.9. The summed E-state index contributed by atoms with van der Waals surface area (Å²) in [6.45, 7) is 7.32. The van der Waals surface area contributed by atoms with Gasteiger partial charge in [-0.2, -0.15) is 4.31 Å². The lowest BCUT2D eigenvalue weighted by atomic mass is 10.1. The Bertz CT molecular complexity index is 1200. The Morgan fingerprint density at radius 1 is 1.00 bits per heavy atom. The van der Waals surface area contributed by atoms with Crippen molar-refractivity contribution in [3.63, 3.8) is 0 Å². The zero-order valence-electron chi connectivity index (χ0n) is 18.6. The molecule has 32 heavy (non-hydrogen) atoms. The zero-order valence-corrected chi connectivity index (χ0v) is 20.3. The Hall–Kier alpha value is -2.27. The van der Waals surface area contributed by atoms with Crippen molar-refractivity contribution < 1.29 is 21.6 Å². The molecule has 1 fully saturated rings. The lowest BCUT2D eigenvalue weighted by Crippen LogP contribution is -2.43. The molecule has 0 radical (unpaired) electrons. The number of amides is 1. The topological polar surface area (TPSA) is 113 Å². The number of nitrogens with zero attached hydrogens (tertiary/aromatic N) is 1. The van der Waals surface area contributed by atoms with E-state index < -0.39 is 37.5 Å². The van der Waals surface area contributed by atoms with Crippen LogP contribution >= 0.6 is 0 Å². The van der Waals surface area contributed by atoms with Crippen LogP contribution in [0.3, 0.4) is 0 Å². The number of nitrogens with one attached hydrogen (secondary N) is 2. The van der Waals surface area contributed by atoms with Crippen LogP contribution in [0.25, 0.3) is 0 Å². The summed E-state index contributed by atoms with van der Waals surface area (Å²) in [4.78, 5) is 13.1. The minimum Gasteiger partial charge on any atom is -0.325 e. The molecule has 1 aliphatic rings. The van der Waals surface area contributed by atoms with Crippen LogP contribution in [-0.2, 0) is 24.8 Å². The summed E-state index contributed by atoms with van der Waals surface area (Å²) in [7, 11) is -7.60. The number of aryl methyl sites for hydroxylation is 1. The molecular weight excluding hydrogens is 450 g/mol. The highest BCUT2D eigenvalue weighted by Gasteiger charge is 2.39. The molecule has 1 unspecified atom stereocenters. The van der Waals surface area contributed by atoms with E-state index in [1.807, 2.05) is 6.92 Å². The van der Waals surface area contributed by atoms with E-state index in [9.17, 15) is 21.6 Å². The second-order valence-electron chi connectivity index (χ2n) is 8.96. The smallest absolute Gasteiger partial charge is 0.243 e. The van der Waals surface area contributed by atoms with Crippen molar-refractivity contribution in [3.05, 3.63) is 54.1 Å². The monoisotopic (exact) mass is 479 g/mol. The number of hydrogen-bond acceptors (Lipinski definition) is 5. The van der Waals surface area contributed by atoms with Gasteiger partial charge < -0.3 is 5.32 Å². The third-order valence-electron chi connectivity index (χ3n) is 4.99. The first kappa shape index (κ1) is 24.4. The predicted molar refractivity (Wildman–Crippen MR) is 123 cm³/mol. The van der Waals surface area contributed by atoms with E-state index in [0.29, 0.717) is 12.8 Å². The van der Waals surface area contributed by atoms with Crippen molar-refractivity contribution in [1.29, 1.82) is 0 Å². The lowest BCUT2D eigenvalue weighted by molar-refractivity contribution is -0.119. The maximum Gasteiger partial charge on any atom is 0.243 e. The van der Waals surface area contributed by atoms with E-state index in [1.54, 1.807) is 39.0 Å². The summed E-state index contributed by atoms with van der Waals surface area (Å²) in [6.07, 6.45) is 0.952. The molecule has 1 heterocycles. The van der Waals surface area contributed by atoms with Crippen LogP contribution in [0.4, 0.5) is 5.69 Å². The van der Waals surface area contributed by atoms with Crippen LogP contribution in [0, 0.1) is 6.92 Å². The zero-order chi connectivity index (χ0) is 23.7. The molecule has 1 saturated heterocycles. The Labute approximate surface area is 190 Å². The minimum atomic E-state index is -3.83. The minimum absolute atomic E-state index is 0.0146. The number of hydrogen-bond donors (Lipinski definition) is 2. The summed E-state index contributed by atoms with van der Waals surface area (Å²) >= 11 is 0. The summed E-state index contributed by atoms with van der Waals surface area (Å²) in [5.74, 6) is -0.489. The summed E-state index contributed by atoms with van der Waals surface area (Å²) in [5, 5.41) is 2.68. The van der Waals surface area contributed by atoms with Gasteiger partial charge in [-0.25, -0.2) is 21.6 Å². The van der Waals surface area contributed by atoms with E-state index in [1.165, 1.54) is 34.6 Å². The van der Waals surface area contributed by atoms with Gasteiger partial charge in [-0.15, -0.1) is 0 Å². The van der Waals surface area contributed by atoms with Gasteiger partial charge in [-0.3, -0.25) is 4.79 Å². The molecule has 2 aromatic rings. The highest BCUT2D eigenvalue weighted by atomic mass is 32.2. The predicted octanol–water partition coefficient (Wildman–Crippen LogP) is 2.86. The molecule has 0 aliphatic carbocycles. The molecule has 1 aliphatic heterocycles. The van der Waals surface area contributed by atoms with Crippen LogP contribution in [0.1, 0.15) is 39.2 Å². The van der Waals surface area contributed by atoms with Gasteiger partial charge in [0.05, 0.1) is 9.79 Å². The third kappa shape index (κ3) is 5.55. The molecule has 0 saturated carbocycles. The first-order valence-corrected chi connectivity index (χ1v) is 13.3. The van der Waals surface area contributed by atoms with E-state index in [0.717, 1.165) is 5.56 Å². The van der Waals surface area contributed by atoms with Crippen molar-refractivity contribution >= 4 is 31.6 Å². The molecule has 2 N–H and O–H groups in total. The van der Waals surface area contributed by atoms with Crippen molar-refractivity contribution in [2.45, 2.75) is 61.9 Å². The van der Waals surface area contributed by atoms with Crippen molar-refractivity contribution in [2.75, 3.05) is 11.9 Å². The standard InChI is InChI=1S/C22H29N3O5S2/c1-16-10-12-18(13-11-16)32(29,30)25-14-6-9-20(25)21(26)23-17-7-5-8-19(15-17)31(27,28)24-22(2,3)4/h5,7-8,10-13,15,20,24H,6,9,14H2,1-4H3,(H,23,26). The SMILES string of the molecule is Cc1ccc(S(=O)(=O)N2CCCC2C(=O)Nc2cccc(S(=O)(=O)NC(C)(C)C)c2)cc1. The largest absolute Gasteiger partial charge is 0.325 e. The lowest BCUT2D eigenvalue weighted by Gasteiger charge is -2.24. The second kappa shape index (κ2) is 8.93. The van der Waals surface area contributed by atoms with E-state index in [-0.39, 0.29) is 22.0 Å². The molecule has 1 amide bonds. The van der Waals surface area contributed by atoms with Gasteiger partial charge in [0, 0.05) is 17.8 Å². The molecule has 174 valence electrons. The van der Waals surface area contributed by atoms with Gasteiger partial charge in [0.1, 0.15) is 6.04 Å².